The zero-order chi connectivity index (χ0) is 32.8. The molecule has 0 aliphatic carbocycles. The van der Waals surface area contributed by atoms with Crippen LogP contribution in [-0.4, -0.2) is 61.5 Å². The zero-order valence-corrected chi connectivity index (χ0v) is 25.3. The summed E-state index contributed by atoms with van der Waals surface area (Å²) < 4.78 is 48.6. The van der Waals surface area contributed by atoms with E-state index in [1.54, 1.807) is 49.4 Å². The number of aromatic amines is 1. The largest absolute Gasteiger partial charge is 0.453 e. The van der Waals surface area contributed by atoms with E-state index in [1.165, 1.54) is 42.5 Å². The van der Waals surface area contributed by atoms with Crippen LogP contribution < -0.4 is 16.0 Å². The van der Waals surface area contributed by atoms with E-state index in [-0.39, 0.29) is 24.2 Å². The first kappa shape index (κ1) is 32.2. The smallest absolute Gasteiger partial charge is 0.411 e. The lowest BCUT2D eigenvalue weighted by molar-refractivity contribution is -0.145. The van der Waals surface area contributed by atoms with Crippen molar-refractivity contribution in [2.75, 3.05) is 17.7 Å². The van der Waals surface area contributed by atoms with E-state index in [2.05, 4.69) is 46.2 Å². The van der Waals surface area contributed by atoms with E-state index in [0.717, 1.165) is 0 Å². The Labute approximate surface area is 266 Å². The SMILES string of the molecule is COC(=O)Nc1ccc2c(c1)NC(C(F)(F)F)CC(C)/C=C\C[C@H](NC(=O)/C=C/c1cc(Cl)ccc1-n1cnnn1)c1ncc-2[nH]1. The maximum absolute atomic E-state index is 14.2. The molecular formula is C30H29ClF3N9O3. The minimum absolute atomic E-state index is 0.116. The number of methoxy groups -OCH3 is 1. The molecule has 5 rings (SSSR count). The van der Waals surface area contributed by atoms with Gasteiger partial charge in [0.15, 0.2) is 0 Å². The van der Waals surface area contributed by atoms with Crippen LogP contribution in [-0.2, 0) is 9.53 Å². The standard InChI is InChI=1S/C30H29ClF3N9O3/c1-17-4-3-5-22(39-27(44)11-6-18-13-19(31)7-10-25(18)43-16-36-41-42-43)28-35-15-24(40-28)21-9-8-20(37-29(45)46-2)14-23(21)38-26(12-17)30(32,33)34/h3-4,6-11,13-17,22,26,38H,5,12H2,1-2H3,(H,35,40)(H,37,45)(H,39,44)/b4-3-,11-6+/t17?,22-,26?/m0/s1. The highest BCUT2D eigenvalue weighted by Gasteiger charge is 2.40. The van der Waals surface area contributed by atoms with Gasteiger partial charge in [-0.3, -0.25) is 10.1 Å². The first-order chi connectivity index (χ1) is 22.0. The normalized spacial score (nSPS) is 19.1. The number of benzene rings is 2. The molecule has 2 aromatic carbocycles. The summed E-state index contributed by atoms with van der Waals surface area (Å²) in [5.74, 6) is -0.538. The Bertz CT molecular complexity index is 1760. The van der Waals surface area contributed by atoms with Gasteiger partial charge < -0.3 is 20.4 Å². The number of nitrogens with zero attached hydrogens (tertiary/aromatic N) is 5. The number of tetrazole rings is 1. The molecule has 2 unspecified atom stereocenters. The fraction of sp³-hybridized carbons (Fsp3) is 0.267. The second kappa shape index (κ2) is 13.9. The van der Waals surface area contributed by atoms with Gasteiger partial charge in [0, 0.05) is 33.6 Å². The number of halogens is 4. The number of carbonyl (C=O) groups is 2. The molecule has 4 N–H and O–H groups in total. The van der Waals surface area contributed by atoms with Crippen LogP contribution in [0.3, 0.4) is 0 Å². The number of amides is 2. The molecule has 0 saturated carbocycles. The number of H-pyrrole nitrogens is 1. The molecule has 1 aliphatic rings. The highest BCUT2D eigenvalue weighted by atomic mass is 35.5. The number of hydrogen-bond acceptors (Lipinski definition) is 8. The minimum atomic E-state index is -4.57. The topological polar surface area (TPSA) is 152 Å². The molecule has 240 valence electrons. The zero-order valence-electron chi connectivity index (χ0n) is 24.5. The van der Waals surface area contributed by atoms with Crippen LogP contribution in [0.5, 0.6) is 0 Å². The Morgan fingerprint density at radius 3 is 2.76 bits per heavy atom. The second-order valence-corrected chi connectivity index (χ2v) is 11.0. The van der Waals surface area contributed by atoms with E-state index in [1.807, 2.05) is 0 Å². The molecule has 0 spiro atoms. The van der Waals surface area contributed by atoms with Crippen molar-refractivity contribution in [1.29, 1.82) is 0 Å². The van der Waals surface area contributed by atoms with Crippen molar-refractivity contribution in [2.45, 2.75) is 38.0 Å². The third kappa shape index (κ3) is 7.90. The Balaban J connectivity index is 1.46. The first-order valence-electron chi connectivity index (χ1n) is 14.1. The summed E-state index contributed by atoms with van der Waals surface area (Å²) in [6.45, 7) is 1.68. The molecule has 1 aliphatic heterocycles. The van der Waals surface area contributed by atoms with Gasteiger partial charge in [0.2, 0.25) is 5.91 Å². The predicted molar refractivity (Wildman–Crippen MR) is 165 cm³/mol. The molecule has 12 nitrogen and oxygen atoms in total. The van der Waals surface area contributed by atoms with Gasteiger partial charge in [0.1, 0.15) is 18.2 Å². The van der Waals surface area contributed by atoms with Gasteiger partial charge in [0.25, 0.3) is 0 Å². The predicted octanol–water partition coefficient (Wildman–Crippen LogP) is 6.08. The molecule has 2 bridgehead atoms. The molecule has 46 heavy (non-hydrogen) atoms. The Morgan fingerprint density at radius 1 is 1.20 bits per heavy atom. The number of aromatic nitrogens is 6. The molecular weight excluding hydrogens is 627 g/mol. The number of fused-ring (bicyclic) bond motifs is 4. The number of nitrogens with one attached hydrogen (secondary N) is 4. The average molecular weight is 656 g/mol. The lowest BCUT2D eigenvalue weighted by Crippen LogP contribution is -2.37. The summed E-state index contributed by atoms with van der Waals surface area (Å²) >= 11 is 6.19. The van der Waals surface area contributed by atoms with Crippen LogP contribution in [0, 0.1) is 5.92 Å². The molecule has 3 heterocycles. The number of hydrogen-bond donors (Lipinski definition) is 4. The number of rotatable bonds is 5. The number of carbonyl (C=O) groups excluding carboxylic acids is 2. The summed E-state index contributed by atoms with van der Waals surface area (Å²) in [6.07, 6.45) is 3.85. The van der Waals surface area contributed by atoms with Crippen LogP contribution >= 0.6 is 11.6 Å². The molecule has 0 fully saturated rings. The lowest BCUT2D eigenvalue weighted by atomic mass is 9.99. The van der Waals surface area contributed by atoms with Gasteiger partial charge in [-0.05, 0) is 71.7 Å². The van der Waals surface area contributed by atoms with Gasteiger partial charge in [-0.25, -0.2) is 9.78 Å². The van der Waals surface area contributed by atoms with Crippen molar-refractivity contribution >= 4 is 41.1 Å². The summed E-state index contributed by atoms with van der Waals surface area (Å²) in [5, 5.41) is 19.7. The second-order valence-electron chi connectivity index (χ2n) is 10.5. The van der Waals surface area contributed by atoms with Crippen molar-refractivity contribution in [2.24, 2.45) is 5.92 Å². The van der Waals surface area contributed by atoms with Gasteiger partial charge in [-0.2, -0.15) is 17.9 Å². The van der Waals surface area contributed by atoms with E-state index in [4.69, 9.17) is 11.6 Å². The lowest BCUT2D eigenvalue weighted by Gasteiger charge is -2.26. The number of alkyl halides is 3. The Kier molecular flexibility index (Phi) is 9.70. The van der Waals surface area contributed by atoms with Crippen LogP contribution in [0.4, 0.5) is 29.3 Å². The van der Waals surface area contributed by atoms with Gasteiger partial charge in [-0.1, -0.05) is 30.7 Å². The molecule has 2 aromatic heterocycles. The number of imidazole rings is 1. The summed E-state index contributed by atoms with van der Waals surface area (Å²) in [6, 6.07) is 7.00. The Morgan fingerprint density at radius 2 is 2.02 bits per heavy atom. The highest BCUT2D eigenvalue weighted by molar-refractivity contribution is 6.30. The highest BCUT2D eigenvalue weighted by Crippen LogP contribution is 2.36. The van der Waals surface area contributed by atoms with Crippen molar-refractivity contribution in [1.82, 2.24) is 35.5 Å². The van der Waals surface area contributed by atoms with Crippen LogP contribution in [0.2, 0.25) is 5.02 Å². The van der Waals surface area contributed by atoms with E-state index in [0.29, 0.717) is 33.4 Å². The Hall–Kier alpha value is -5.18. The molecule has 2 amide bonds. The quantitative estimate of drug-likeness (QED) is 0.149. The molecule has 3 atom stereocenters. The number of anilines is 2. The van der Waals surface area contributed by atoms with Gasteiger partial charge in [0.05, 0.1) is 30.7 Å². The van der Waals surface area contributed by atoms with Crippen molar-refractivity contribution in [3.63, 3.8) is 0 Å². The summed E-state index contributed by atoms with van der Waals surface area (Å²) in [7, 11) is 1.18. The van der Waals surface area contributed by atoms with E-state index in [9.17, 15) is 22.8 Å². The first-order valence-corrected chi connectivity index (χ1v) is 14.4. The molecule has 0 radical (unpaired) electrons. The number of ether oxygens (including phenoxy) is 1. The van der Waals surface area contributed by atoms with Crippen LogP contribution in [0.25, 0.3) is 23.0 Å². The van der Waals surface area contributed by atoms with E-state index >= 15 is 0 Å². The molecule has 0 saturated heterocycles. The monoisotopic (exact) mass is 655 g/mol. The third-order valence-electron chi connectivity index (χ3n) is 7.15. The van der Waals surface area contributed by atoms with Crippen LogP contribution in [0.15, 0.2) is 67.2 Å². The molecule has 4 aromatic rings. The fourth-order valence-corrected chi connectivity index (χ4v) is 5.10. The minimum Gasteiger partial charge on any atom is -0.453 e. The van der Waals surface area contributed by atoms with Crippen molar-refractivity contribution in [3.05, 3.63) is 83.6 Å². The van der Waals surface area contributed by atoms with E-state index < -0.39 is 36.2 Å². The van der Waals surface area contributed by atoms with Crippen molar-refractivity contribution in [3.8, 4) is 16.9 Å². The van der Waals surface area contributed by atoms with Crippen molar-refractivity contribution < 1.29 is 27.5 Å². The maximum Gasteiger partial charge on any atom is 0.411 e. The van der Waals surface area contributed by atoms with Gasteiger partial charge in [-0.15, -0.1) is 5.10 Å². The fourth-order valence-electron chi connectivity index (χ4n) is 4.92. The third-order valence-corrected chi connectivity index (χ3v) is 7.39. The van der Waals surface area contributed by atoms with Crippen LogP contribution in [0.1, 0.15) is 37.2 Å². The average Bonchev–Trinajstić information content (AvgIpc) is 3.72. The molecule has 16 heteroatoms. The summed E-state index contributed by atoms with van der Waals surface area (Å²) in [4.78, 5) is 32.5. The summed E-state index contributed by atoms with van der Waals surface area (Å²) in [5.41, 5.74) is 2.32. The number of allylic oxidation sites excluding steroid dienone is 1. The van der Waals surface area contributed by atoms with Gasteiger partial charge >= 0.3 is 12.3 Å². The maximum atomic E-state index is 14.2.